The van der Waals surface area contributed by atoms with E-state index in [0.717, 1.165) is 13.1 Å². The average Bonchev–Trinajstić information content (AvgIpc) is 2.73. The molecule has 0 radical (unpaired) electrons. The van der Waals surface area contributed by atoms with Gasteiger partial charge in [0.15, 0.2) is 0 Å². The van der Waals surface area contributed by atoms with Crippen molar-refractivity contribution in [1.29, 1.82) is 0 Å². The molecule has 18 heavy (non-hydrogen) atoms. The lowest BCUT2D eigenvalue weighted by atomic mass is 9.88. The second kappa shape index (κ2) is 4.73. The van der Waals surface area contributed by atoms with Gasteiger partial charge in [0.2, 0.25) is 5.91 Å². The van der Waals surface area contributed by atoms with E-state index in [9.17, 15) is 4.79 Å². The third-order valence-electron chi connectivity index (χ3n) is 4.53. The van der Waals surface area contributed by atoms with Crippen molar-refractivity contribution in [2.75, 3.05) is 13.1 Å². The van der Waals surface area contributed by atoms with Crippen LogP contribution in [0.5, 0.6) is 0 Å². The highest BCUT2D eigenvalue weighted by molar-refractivity contribution is 5.78. The van der Waals surface area contributed by atoms with Crippen molar-refractivity contribution in [3.8, 4) is 0 Å². The average molecular weight is 244 g/mol. The summed E-state index contributed by atoms with van der Waals surface area (Å²) in [7, 11) is 0. The van der Waals surface area contributed by atoms with Crippen LogP contribution in [-0.2, 0) is 4.79 Å². The number of hydrogen-bond donors (Lipinski definition) is 1. The molecular weight excluding hydrogens is 224 g/mol. The standard InChI is InChI=1S/C15H20N2O/c16-15(18)14-10-17(12-7-4-8-12)9-13(14)11-5-2-1-3-6-11/h1-3,5-6,12-14H,4,7-10H2,(H2,16,18). The fraction of sp³-hybridized carbons (Fsp3) is 0.533. The Hall–Kier alpha value is -1.35. The summed E-state index contributed by atoms with van der Waals surface area (Å²) >= 11 is 0. The van der Waals surface area contributed by atoms with Crippen molar-refractivity contribution >= 4 is 5.91 Å². The zero-order valence-corrected chi connectivity index (χ0v) is 10.6. The molecule has 1 saturated heterocycles. The van der Waals surface area contributed by atoms with Crippen LogP contribution in [0.2, 0.25) is 0 Å². The highest BCUT2D eigenvalue weighted by Crippen LogP contribution is 2.37. The summed E-state index contributed by atoms with van der Waals surface area (Å²) in [4.78, 5) is 14.1. The van der Waals surface area contributed by atoms with Crippen LogP contribution in [0, 0.1) is 5.92 Å². The van der Waals surface area contributed by atoms with E-state index >= 15 is 0 Å². The highest BCUT2D eigenvalue weighted by Gasteiger charge is 2.40. The summed E-state index contributed by atoms with van der Waals surface area (Å²) in [5, 5.41) is 0. The maximum Gasteiger partial charge on any atom is 0.222 e. The van der Waals surface area contributed by atoms with Crippen molar-refractivity contribution in [3.05, 3.63) is 35.9 Å². The van der Waals surface area contributed by atoms with Crippen LogP contribution in [0.25, 0.3) is 0 Å². The van der Waals surface area contributed by atoms with Gasteiger partial charge >= 0.3 is 0 Å². The number of carbonyl (C=O) groups excluding carboxylic acids is 1. The number of primary amides is 1. The van der Waals surface area contributed by atoms with Crippen LogP contribution in [-0.4, -0.2) is 29.9 Å². The summed E-state index contributed by atoms with van der Waals surface area (Å²) in [6, 6.07) is 11.0. The van der Waals surface area contributed by atoms with Crippen molar-refractivity contribution in [2.24, 2.45) is 11.7 Å². The van der Waals surface area contributed by atoms with Gasteiger partial charge in [-0.1, -0.05) is 36.8 Å². The topological polar surface area (TPSA) is 46.3 Å². The molecule has 3 nitrogen and oxygen atoms in total. The van der Waals surface area contributed by atoms with E-state index in [-0.39, 0.29) is 17.7 Å². The second-order valence-corrected chi connectivity index (χ2v) is 5.56. The molecule has 2 atom stereocenters. The molecule has 1 aliphatic heterocycles. The first-order chi connectivity index (χ1) is 8.75. The van der Waals surface area contributed by atoms with Crippen LogP contribution >= 0.6 is 0 Å². The Morgan fingerprint density at radius 1 is 1.17 bits per heavy atom. The zero-order valence-electron chi connectivity index (χ0n) is 10.6. The van der Waals surface area contributed by atoms with Crippen LogP contribution in [0.1, 0.15) is 30.7 Å². The van der Waals surface area contributed by atoms with E-state index in [1.165, 1.54) is 24.8 Å². The van der Waals surface area contributed by atoms with Crippen LogP contribution in [0.4, 0.5) is 0 Å². The number of nitrogens with two attached hydrogens (primary N) is 1. The molecule has 3 rings (SSSR count). The molecule has 2 aliphatic rings. The molecule has 1 aromatic rings. The molecule has 2 fully saturated rings. The first kappa shape index (κ1) is 11.7. The van der Waals surface area contributed by atoms with Gasteiger partial charge in [0.05, 0.1) is 5.92 Å². The summed E-state index contributed by atoms with van der Waals surface area (Å²) in [6.07, 6.45) is 3.90. The van der Waals surface area contributed by atoms with Crippen LogP contribution < -0.4 is 5.73 Å². The van der Waals surface area contributed by atoms with E-state index in [1.807, 2.05) is 18.2 Å². The third-order valence-corrected chi connectivity index (χ3v) is 4.53. The van der Waals surface area contributed by atoms with Crippen LogP contribution in [0.15, 0.2) is 30.3 Å². The van der Waals surface area contributed by atoms with E-state index in [1.54, 1.807) is 0 Å². The largest absolute Gasteiger partial charge is 0.369 e. The first-order valence-electron chi connectivity index (χ1n) is 6.84. The normalized spacial score (nSPS) is 29.1. The monoisotopic (exact) mass is 244 g/mol. The predicted molar refractivity (Wildman–Crippen MR) is 71.1 cm³/mol. The van der Waals surface area contributed by atoms with Crippen molar-refractivity contribution < 1.29 is 4.79 Å². The highest BCUT2D eigenvalue weighted by atomic mass is 16.1. The minimum absolute atomic E-state index is 0.0204. The first-order valence-corrected chi connectivity index (χ1v) is 6.84. The van der Waals surface area contributed by atoms with Crippen LogP contribution in [0.3, 0.4) is 0 Å². The van der Waals surface area contributed by atoms with Gasteiger partial charge in [0.25, 0.3) is 0 Å². The van der Waals surface area contributed by atoms with E-state index in [2.05, 4.69) is 17.0 Å². The van der Waals surface area contributed by atoms with Crippen molar-refractivity contribution in [3.63, 3.8) is 0 Å². The molecule has 1 aromatic carbocycles. The Kier molecular flexibility index (Phi) is 3.08. The maximum absolute atomic E-state index is 11.7. The molecule has 1 saturated carbocycles. The number of likely N-dealkylation sites (tertiary alicyclic amines) is 1. The Bertz CT molecular complexity index is 427. The number of carbonyl (C=O) groups is 1. The lowest BCUT2D eigenvalue weighted by Gasteiger charge is -2.34. The molecule has 2 N–H and O–H groups in total. The summed E-state index contributed by atoms with van der Waals surface area (Å²) in [5.74, 6) is 0.114. The summed E-state index contributed by atoms with van der Waals surface area (Å²) < 4.78 is 0. The fourth-order valence-corrected chi connectivity index (χ4v) is 3.21. The van der Waals surface area contributed by atoms with Gasteiger partial charge in [-0.2, -0.15) is 0 Å². The van der Waals surface area contributed by atoms with Gasteiger partial charge in [0, 0.05) is 25.0 Å². The summed E-state index contributed by atoms with van der Waals surface area (Å²) in [6.45, 7) is 1.84. The zero-order chi connectivity index (χ0) is 12.5. The Balaban J connectivity index is 1.80. The van der Waals surface area contributed by atoms with Gasteiger partial charge in [0.1, 0.15) is 0 Å². The van der Waals surface area contributed by atoms with Gasteiger partial charge in [-0.15, -0.1) is 0 Å². The maximum atomic E-state index is 11.7. The number of nitrogens with zero attached hydrogens (tertiary/aromatic N) is 1. The molecule has 1 amide bonds. The molecule has 0 aromatic heterocycles. The lowest BCUT2D eigenvalue weighted by molar-refractivity contribution is -0.121. The smallest absolute Gasteiger partial charge is 0.222 e. The fourth-order valence-electron chi connectivity index (χ4n) is 3.21. The summed E-state index contributed by atoms with van der Waals surface area (Å²) in [5.41, 5.74) is 6.83. The van der Waals surface area contributed by atoms with E-state index in [4.69, 9.17) is 5.73 Å². The van der Waals surface area contributed by atoms with Gasteiger partial charge in [-0.05, 0) is 18.4 Å². The Morgan fingerprint density at radius 3 is 2.44 bits per heavy atom. The number of benzene rings is 1. The lowest BCUT2D eigenvalue weighted by Crippen LogP contribution is -2.39. The number of rotatable bonds is 3. The van der Waals surface area contributed by atoms with Gasteiger partial charge in [-0.3, -0.25) is 9.69 Å². The molecule has 3 heteroatoms. The van der Waals surface area contributed by atoms with Crippen molar-refractivity contribution in [1.82, 2.24) is 4.90 Å². The molecule has 0 bridgehead atoms. The minimum atomic E-state index is -0.148. The predicted octanol–water partition coefficient (Wildman–Crippen LogP) is 1.74. The Labute approximate surface area is 108 Å². The van der Waals surface area contributed by atoms with E-state index < -0.39 is 0 Å². The number of hydrogen-bond acceptors (Lipinski definition) is 2. The quantitative estimate of drug-likeness (QED) is 0.880. The molecule has 2 unspecified atom stereocenters. The minimum Gasteiger partial charge on any atom is -0.369 e. The molecule has 0 spiro atoms. The Morgan fingerprint density at radius 2 is 1.89 bits per heavy atom. The molecule has 1 aliphatic carbocycles. The molecular formula is C15H20N2O. The number of amides is 1. The molecule has 96 valence electrons. The van der Waals surface area contributed by atoms with Gasteiger partial charge < -0.3 is 5.73 Å². The third kappa shape index (κ3) is 2.03. The SMILES string of the molecule is NC(=O)C1CN(C2CCC2)CC1c1ccccc1. The van der Waals surface area contributed by atoms with E-state index in [0.29, 0.717) is 6.04 Å². The molecule has 1 heterocycles. The second-order valence-electron chi connectivity index (χ2n) is 5.56. The van der Waals surface area contributed by atoms with Gasteiger partial charge in [-0.25, -0.2) is 0 Å². The van der Waals surface area contributed by atoms with Crippen molar-refractivity contribution in [2.45, 2.75) is 31.2 Å².